The Hall–Kier alpha value is -1.85. The van der Waals surface area contributed by atoms with Gasteiger partial charge in [0.25, 0.3) is 0 Å². The molecular formula is C19H18BP. The largest absolute Gasteiger partial charge is 0.140 e. The van der Waals surface area contributed by atoms with Crippen LogP contribution in [0.25, 0.3) is 0 Å². The third-order valence-corrected chi connectivity index (χ3v) is 6.47. The van der Waals surface area contributed by atoms with Gasteiger partial charge in [0, 0.05) is 0 Å². The lowest BCUT2D eigenvalue weighted by Crippen LogP contribution is -2.33. The van der Waals surface area contributed by atoms with E-state index in [1.807, 2.05) is 0 Å². The average molecular weight is 288 g/mol. The monoisotopic (exact) mass is 288 g/mol. The van der Waals surface area contributed by atoms with Gasteiger partial charge in [-0.15, -0.1) is 0 Å². The molecule has 0 fully saturated rings. The molecule has 0 saturated carbocycles. The van der Waals surface area contributed by atoms with Crippen molar-refractivity contribution in [1.29, 1.82) is 0 Å². The van der Waals surface area contributed by atoms with Gasteiger partial charge in [-0.1, -0.05) is 84.3 Å². The van der Waals surface area contributed by atoms with Crippen LogP contribution in [0.15, 0.2) is 78.9 Å². The molecule has 3 aromatic carbocycles. The van der Waals surface area contributed by atoms with E-state index >= 15 is 0 Å². The molecule has 0 atom stereocenters. The van der Waals surface area contributed by atoms with Gasteiger partial charge in [0.15, 0.2) is 0 Å². The molecule has 3 rings (SSSR count). The first-order chi connectivity index (χ1) is 10.3. The van der Waals surface area contributed by atoms with Gasteiger partial charge in [0.1, 0.15) is 7.85 Å². The molecule has 0 aliphatic rings. The van der Waals surface area contributed by atoms with Crippen molar-refractivity contribution in [3.63, 3.8) is 0 Å². The molecule has 21 heavy (non-hydrogen) atoms. The van der Waals surface area contributed by atoms with Crippen LogP contribution >= 0.6 is 7.92 Å². The van der Waals surface area contributed by atoms with Gasteiger partial charge < -0.3 is 0 Å². The smallest absolute Gasteiger partial charge is 0.0805 e. The van der Waals surface area contributed by atoms with Gasteiger partial charge in [-0.05, 0) is 36.3 Å². The maximum atomic E-state index is 2.25. The van der Waals surface area contributed by atoms with E-state index in [9.17, 15) is 0 Å². The van der Waals surface area contributed by atoms with Crippen molar-refractivity contribution in [2.75, 3.05) is 0 Å². The van der Waals surface area contributed by atoms with Crippen molar-refractivity contribution in [2.45, 2.75) is 6.92 Å². The van der Waals surface area contributed by atoms with Crippen LogP contribution in [0.2, 0.25) is 0 Å². The predicted octanol–water partition coefficient (Wildman–Crippen LogP) is 2.01. The molecule has 0 bridgehead atoms. The van der Waals surface area contributed by atoms with Crippen LogP contribution < -0.4 is 21.4 Å². The lowest BCUT2D eigenvalue weighted by Gasteiger charge is -2.23. The minimum Gasteiger partial charge on any atom is -0.0805 e. The van der Waals surface area contributed by atoms with Gasteiger partial charge in [-0.3, -0.25) is 0 Å². The molecule has 0 spiro atoms. The molecule has 102 valence electrons. The summed E-state index contributed by atoms with van der Waals surface area (Å²) in [5.41, 5.74) is 2.77. The molecule has 0 unspecified atom stereocenters. The normalized spacial score (nSPS) is 10.8. The first-order valence-corrected chi connectivity index (χ1v) is 8.58. The van der Waals surface area contributed by atoms with Crippen LogP contribution in [0, 0.1) is 6.92 Å². The van der Waals surface area contributed by atoms with E-state index in [-0.39, 0.29) is 0 Å². The van der Waals surface area contributed by atoms with E-state index in [4.69, 9.17) is 0 Å². The van der Waals surface area contributed by atoms with Crippen molar-refractivity contribution in [1.82, 2.24) is 0 Å². The fraction of sp³-hybridized carbons (Fsp3) is 0.0526. The number of hydrogen-bond acceptors (Lipinski definition) is 0. The van der Waals surface area contributed by atoms with Crippen LogP contribution in [0.5, 0.6) is 0 Å². The lowest BCUT2D eigenvalue weighted by molar-refractivity contribution is 1.53. The quantitative estimate of drug-likeness (QED) is 0.511. The summed E-state index contributed by atoms with van der Waals surface area (Å²) in [7, 11) is 1.74. The van der Waals surface area contributed by atoms with Crippen molar-refractivity contribution < 1.29 is 0 Å². The summed E-state index contributed by atoms with van der Waals surface area (Å²) in [5.74, 6) is 0. The van der Waals surface area contributed by atoms with Crippen LogP contribution in [-0.2, 0) is 0 Å². The van der Waals surface area contributed by atoms with Gasteiger partial charge in [-0.25, -0.2) is 0 Å². The summed E-state index contributed by atoms with van der Waals surface area (Å²) in [4.78, 5) is 0. The molecule has 0 aliphatic heterocycles. The molecule has 0 aromatic heterocycles. The van der Waals surface area contributed by atoms with Crippen LogP contribution in [0.3, 0.4) is 0 Å². The summed E-state index contributed by atoms with van der Waals surface area (Å²) in [6, 6.07) is 28.4. The number of hydrogen-bond donors (Lipinski definition) is 0. The van der Waals surface area contributed by atoms with Crippen molar-refractivity contribution in [3.05, 3.63) is 84.4 Å². The molecule has 0 amide bonds. The summed E-state index contributed by atoms with van der Waals surface area (Å²) in [6.45, 7) is 2.23. The summed E-state index contributed by atoms with van der Waals surface area (Å²) < 4.78 is 0. The van der Waals surface area contributed by atoms with Gasteiger partial charge in [0.2, 0.25) is 0 Å². The van der Waals surface area contributed by atoms with Crippen LogP contribution in [-0.4, -0.2) is 7.85 Å². The van der Waals surface area contributed by atoms with E-state index in [0.717, 1.165) is 0 Å². The minimum absolute atomic E-state index is 0.488. The Balaban J connectivity index is 2.23. The first-order valence-electron chi connectivity index (χ1n) is 7.24. The second-order valence-electron chi connectivity index (χ2n) is 5.25. The fourth-order valence-corrected chi connectivity index (χ4v) is 5.33. The Kier molecular flexibility index (Phi) is 4.22. The number of aryl methyl sites for hydroxylation is 1. The Morgan fingerprint density at radius 1 is 0.667 bits per heavy atom. The van der Waals surface area contributed by atoms with Gasteiger partial charge in [0.05, 0.1) is 0 Å². The molecule has 0 radical (unpaired) electrons. The number of rotatable bonds is 3. The molecule has 0 nitrogen and oxygen atoms in total. The van der Waals surface area contributed by atoms with E-state index in [1.54, 1.807) is 0 Å². The standard InChI is InChI=1S/C19H18BP/c1-15-9-8-14-18(20)19(15)21(16-10-4-2-5-11-16)17-12-6-3-7-13-17/h2-14H,20H2,1H3. The number of benzene rings is 3. The summed E-state index contributed by atoms with van der Waals surface area (Å²) >= 11 is 0. The Morgan fingerprint density at radius 2 is 1.19 bits per heavy atom. The van der Waals surface area contributed by atoms with E-state index in [1.165, 1.54) is 26.9 Å². The van der Waals surface area contributed by atoms with Crippen molar-refractivity contribution >= 4 is 37.1 Å². The first kappa shape index (κ1) is 14.1. The molecule has 2 heteroatoms. The minimum atomic E-state index is -0.488. The Morgan fingerprint density at radius 3 is 1.67 bits per heavy atom. The zero-order chi connectivity index (χ0) is 14.7. The third-order valence-electron chi connectivity index (χ3n) is 3.69. The summed E-state index contributed by atoms with van der Waals surface area (Å²) in [5, 5.41) is 4.32. The second kappa shape index (κ2) is 6.29. The molecular weight excluding hydrogens is 270 g/mol. The maximum absolute atomic E-state index is 2.25. The third kappa shape index (κ3) is 2.94. The second-order valence-corrected chi connectivity index (χ2v) is 7.40. The van der Waals surface area contributed by atoms with E-state index in [0.29, 0.717) is 0 Å². The average Bonchev–Trinajstić information content (AvgIpc) is 2.53. The SMILES string of the molecule is Bc1cccc(C)c1P(c1ccccc1)c1ccccc1. The molecule has 3 aromatic rings. The van der Waals surface area contributed by atoms with E-state index < -0.39 is 7.92 Å². The summed E-state index contributed by atoms with van der Waals surface area (Å²) in [6.07, 6.45) is 0. The van der Waals surface area contributed by atoms with Crippen LogP contribution in [0.4, 0.5) is 0 Å². The van der Waals surface area contributed by atoms with Gasteiger partial charge in [-0.2, -0.15) is 0 Å². The molecule has 0 saturated heterocycles. The van der Waals surface area contributed by atoms with Crippen molar-refractivity contribution in [3.8, 4) is 0 Å². The van der Waals surface area contributed by atoms with Crippen LogP contribution in [0.1, 0.15) is 5.56 Å². The zero-order valence-corrected chi connectivity index (χ0v) is 13.3. The highest BCUT2D eigenvalue weighted by molar-refractivity contribution is 7.80. The maximum Gasteiger partial charge on any atom is 0.140 e. The van der Waals surface area contributed by atoms with Gasteiger partial charge >= 0.3 is 0 Å². The van der Waals surface area contributed by atoms with Crippen molar-refractivity contribution in [2.24, 2.45) is 0 Å². The molecule has 0 heterocycles. The highest BCUT2D eigenvalue weighted by Gasteiger charge is 2.19. The Labute approximate surface area is 129 Å². The molecule has 0 N–H and O–H groups in total. The molecule has 0 aliphatic carbocycles. The highest BCUT2D eigenvalue weighted by Crippen LogP contribution is 2.32. The lowest BCUT2D eigenvalue weighted by atomic mass is 9.94. The van der Waals surface area contributed by atoms with E-state index in [2.05, 4.69) is 93.6 Å². The fourth-order valence-electron chi connectivity index (χ4n) is 2.72. The predicted molar refractivity (Wildman–Crippen MR) is 98.1 cm³/mol. The Bertz CT molecular complexity index is 663. The highest BCUT2D eigenvalue weighted by atomic mass is 31.1. The topological polar surface area (TPSA) is 0 Å². The zero-order valence-electron chi connectivity index (χ0n) is 12.5.